The van der Waals surface area contributed by atoms with E-state index in [1.165, 1.54) is 12.1 Å². The van der Waals surface area contributed by atoms with Gasteiger partial charge in [0, 0.05) is 43.2 Å². The Balaban J connectivity index is 1.34. The second kappa shape index (κ2) is 8.89. The van der Waals surface area contributed by atoms with Gasteiger partial charge in [-0.2, -0.15) is 0 Å². The van der Waals surface area contributed by atoms with Crippen molar-refractivity contribution in [2.24, 2.45) is 0 Å². The van der Waals surface area contributed by atoms with Crippen molar-refractivity contribution in [1.82, 2.24) is 14.8 Å². The van der Waals surface area contributed by atoms with E-state index in [1.807, 2.05) is 11.8 Å². The summed E-state index contributed by atoms with van der Waals surface area (Å²) in [5.74, 6) is 0.245. The first-order valence-electron chi connectivity index (χ1n) is 10.4. The van der Waals surface area contributed by atoms with Crippen molar-refractivity contribution in [2.45, 2.75) is 32.5 Å². The first-order valence-corrected chi connectivity index (χ1v) is 10.4. The number of aromatic hydroxyl groups is 1. The molecule has 3 aromatic rings. The van der Waals surface area contributed by atoms with Gasteiger partial charge in [-0.25, -0.2) is 9.37 Å². The van der Waals surface area contributed by atoms with Crippen molar-refractivity contribution < 1.29 is 19.0 Å². The maximum absolute atomic E-state index is 13.1. The van der Waals surface area contributed by atoms with Crippen molar-refractivity contribution in [1.29, 1.82) is 0 Å². The van der Waals surface area contributed by atoms with Crippen LogP contribution in [0.2, 0.25) is 0 Å². The summed E-state index contributed by atoms with van der Waals surface area (Å²) in [7, 11) is 0. The van der Waals surface area contributed by atoms with Crippen LogP contribution in [-0.4, -0.2) is 57.6 Å². The third-order valence-electron chi connectivity index (χ3n) is 5.73. The van der Waals surface area contributed by atoms with Gasteiger partial charge in [-0.05, 0) is 55.8 Å². The number of nitrogens with zero attached hydrogens (tertiary/aromatic N) is 3. The standard InChI is InChI=1S/C24H26FN3O3/c1-16-13-28(17(2)12-27(16)14-18-3-6-20(25)7-4-18)24(30)15-31-23-10-5-19-11-21(29)8-9-22(19)26-23/h3-11,16-17,29H,12-15H2,1-2H3. The molecule has 1 aromatic heterocycles. The third kappa shape index (κ3) is 4.94. The fraction of sp³-hybridized carbons (Fsp3) is 0.333. The maximum atomic E-state index is 13.1. The molecule has 1 fully saturated rings. The Labute approximate surface area is 180 Å². The molecule has 0 radical (unpaired) electrons. The summed E-state index contributed by atoms with van der Waals surface area (Å²) in [6, 6.07) is 15.2. The molecule has 1 N–H and O–H groups in total. The number of ether oxygens (including phenoxy) is 1. The van der Waals surface area contributed by atoms with Crippen molar-refractivity contribution in [3.8, 4) is 11.6 Å². The van der Waals surface area contributed by atoms with E-state index in [-0.39, 0.29) is 36.2 Å². The topological polar surface area (TPSA) is 65.9 Å². The van der Waals surface area contributed by atoms with Crippen LogP contribution in [0.3, 0.4) is 0 Å². The number of halogens is 1. The maximum Gasteiger partial charge on any atom is 0.260 e. The number of carbonyl (C=O) groups excluding carboxylic acids is 1. The molecule has 31 heavy (non-hydrogen) atoms. The highest BCUT2D eigenvalue weighted by Gasteiger charge is 2.32. The Morgan fingerprint density at radius 1 is 1.10 bits per heavy atom. The van der Waals surface area contributed by atoms with Gasteiger partial charge in [0.05, 0.1) is 5.52 Å². The molecule has 2 unspecified atom stereocenters. The highest BCUT2D eigenvalue weighted by molar-refractivity contribution is 5.81. The molecule has 2 atom stereocenters. The summed E-state index contributed by atoms with van der Waals surface area (Å²) in [4.78, 5) is 21.4. The van der Waals surface area contributed by atoms with Gasteiger partial charge in [0.2, 0.25) is 5.88 Å². The molecule has 2 heterocycles. The number of hydrogen-bond acceptors (Lipinski definition) is 5. The molecular formula is C24H26FN3O3. The van der Waals surface area contributed by atoms with Gasteiger partial charge < -0.3 is 14.7 Å². The van der Waals surface area contributed by atoms with E-state index in [1.54, 1.807) is 42.5 Å². The predicted molar refractivity (Wildman–Crippen MR) is 116 cm³/mol. The number of benzene rings is 2. The minimum Gasteiger partial charge on any atom is -0.508 e. The van der Waals surface area contributed by atoms with Crippen molar-refractivity contribution in [3.63, 3.8) is 0 Å². The zero-order valence-corrected chi connectivity index (χ0v) is 17.7. The number of rotatable bonds is 5. The minimum atomic E-state index is -0.236. The summed E-state index contributed by atoms with van der Waals surface area (Å²) in [5.41, 5.74) is 1.75. The predicted octanol–water partition coefficient (Wildman–Crippen LogP) is 3.58. The first-order chi connectivity index (χ1) is 14.9. The van der Waals surface area contributed by atoms with Crippen LogP contribution in [0.25, 0.3) is 10.9 Å². The number of piperazine rings is 1. The van der Waals surface area contributed by atoms with Crippen LogP contribution in [0.5, 0.6) is 11.6 Å². The number of phenolic OH excluding ortho intramolecular Hbond substituents is 1. The van der Waals surface area contributed by atoms with Gasteiger partial charge in [-0.3, -0.25) is 9.69 Å². The minimum absolute atomic E-state index is 0.0419. The lowest BCUT2D eigenvalue weighted by Gasteiger charge is -2.44. The fourth-order valence-electron chi connectivity index (χ4n) is 3.98. The van der Waals surface area contributed by atoms with Crippen LogP contribution in [0.4, 0.5) is 4.39 Å². The fourth-order valence-corrected chi connectivity index (χ4v) is 3.98. The van der Waals surface area contributed by atoms with Gasteiger partial charge in [0.1, 0.15) is 11.6 Å². The molecule has 0 saturated carbocycles. The van der Waals surface area contributed by atoms with Gasteiger partial charge in [-0.1, -0.05) is 12.1 Å². The Kier molecular flexibility index (Phi) is 6.04. The second-order valence-electron chi connectivity index (χ2n) is 8.12. The zero-order valence-electron chi connectivity index (χ0n) is 17.7. The number of hydrogen-bond donors (Lipinski definition) is 1. The molecule has 0 aliphatic carbocycles. The second-order valence-corrected chi connectivity index (χ2v) is 8.12. The average molecular weight is 423 g/mol. The van der Waals surface area contributed by atoms with Crippen LogP contribution in [0.15, 0.2) is 54.6 Å². The van der Waals surface area contributed by atoms with E-state index in [4.69, 9.17) is 4.74 Å². The molecule has 1 amide bonds. The third-order valence-corrected chi connectivity index (χ3v) is 5.73. The summed E-state index contributed by atoms with van der Waals surface area (Å²) in [5, 5.41) is 10.4. The van der Waals surface area contributed by atoms with Crippen LogP contribution >= 0.6 is 0 Å². The smallest absolute Gasteiger partial charge is 0.260 e. The molecule has 6 nitrogen and oxygen atoms in total. The Bertz CT molecular complexity index is 1070. The lowest BCUT2D eigenvalue weighted by atomic mass is 10.1. The first kappa shape index (κ1) is 21.1. The SMILES string of the molecule is CC1CN(C(=O)COc2ccc3cc(O)ccc3n2)C(C)CN1Cc1ccc(F)cc1. The lowest BCUT2D eigenvalue weighted by molar-refractivity contribution is -0.139. The molecular weight excluding hydrogens is 397 g/mol. The Hall–Kier alpha value is -3.19. The molecule has 1 saturated heterocycles. The van der Waals surface area contributed by atoms with Gasteiger partial charge in [0.15, 0.2) is 6.61 Å². The zero-order chi connectivity index (χ0) is 22.0. The molecule has 7 heteroatoms. The van der Waals surface area contributed by atoms with Gasteiger partial charge in [0.25, 0.3) is 5.91 Å². The number of fused-ring (bicyclic) bond motifs is 1. The summed E-state index contributed by atoms with van der Waals surface area (Å²) >= 11 is 0. The van der Waals surface area contributed by atoms with E-state index in [9.17, 15) is 14.3 Å². The van der Waals surface area contributed by atoms with Crippen molar-refractivity contribution in [3.05, 3.63) is 66.0 Å². The number of pyridine rings is 1. The number of phenols is 1. The Morgan fingerprint density at radius 3 is 2.65 bits per heavy atom. The van der Waals surface area contributed by atoms with Crippen LogP contribution in [0.1, 0.15) is 19.4 Å². The van der Waals surface area contributed by atoms with E-state index < -0.39 is 0 Å². The van der Waals surface area contributed by atoms with Gasteiger partial charge >= 0.3 is 0 Å². The number of amides is 1. The van der Waals surface area contributed by atoms with Crippen LogP contribution in [0, 0.1) is 5.82 Å². The van der Waals surface area contributed by atoms with Crippen LogP contribution in [-0.2, 0) is 11.3 Å². The monoisotopic (exact) mass is 423 g/mol. The highest BCUT2D eigenvalue weighted by Crippen LogP contribution is 2.22. The summed E-state index contributed by atoms with van der Waals surface area (Å²) in [6.45, 7) is 6.11. The molecule has 0 bridgehead atoms. The Morgan fingerprint density at radius 2 is 1.87 bits per heavy atom. The lowest BCUT2D eigenvalue weighted by Crippen LogP contribution is -2.58. The molecule has 4 rings (SSSR count). The summed E-state index contributed by atoms with van der Waals surface area (Å²) < 4.78 is 18.8. The van der Waals surface area contributed by atoms with Crippen molar-refractivity contribution >= 4 is 16.8 Å². The molecule has 0 spiro atoms. The van der Waals surface area contributed by atoms with E-state index in [2.05, 4.69) is 16.8 Å². The molecule has 162 valence electrons. The highest BCUT2D eigenvalue weighted by atomic mass is 19.1. The number of carbonyl (C=O) groups is 1. The largest absolute Gasteiger partial charge is 0.508 e. The van der Waals surface area contributed by atoms with E-state index >= 15 is 0 Å². The summed E-state index contributed by atoms with van der Waals surface area (Å²) in [6.07, 6.45) is 0. The van der Waals surface area contributed by atoms with Crippen LogP contribution < -0.4 is 4.74 Å². The average Bonchev–Trinajstić information content (AvgIpc) is 2.75. The molecule has 2 aromatic carbocycles. The van der Waals surface area contributed by atoms with Crippen molar-refractivity contribution in [2.75, 3.05) is 19.7 Å². The number of aromatic nitrogens is 1. The van der Waals surface area contributed by atoms with E-state index in [0.29, 0.717) is 17.9 Å². The molecule has 1 aliphatic heterocycles. The molecule has 1 aliphatic rings. The van der Waals surface area contributed by atoms with E-state index in [0.717, 1.165) is 24.0 Å². The quantitative estimate of drug-likeness (QED) is 0.680. The van der Waals surface area contributed by atoms with Gasteiger partial charge in [-0.15, -0.1) is 0 Å². The normalized spacial score (nSPS) is 19.5.